The van der Waals surface area contributed by atoms with Crippen LogP contribution < -0.4 is 0 Å². The minimum atomic E-state index is -1.21. The van der Waals surface area contributed by atoms with E-state index in [2.05, 4.69) is 10.0 Å². The number of aliphatic hydroxyl groups excluding tert-OH is 2. The molecule has 2 atom stereocenters. The first kappa shape index (κ1) is 13.1. The lowest BCUT2D eigenvalue weighted by Crippen LogP contribution is -2.19. The van der Waals surface area contributed by atoms with Crippen molar-refractivity contribution in [2.75, 3.05) is 6.54 Å². The fourth-order valence-corrected chi connectivity index (χ4v) is 1.34. The van der Waals surface area contributed by atoms with Gasteiger partial charge in [-0.1, -0.05) is 11.2 Å². The number of hydrogen-bond donors (Lipinski definition) is 4. The van der Waals surface area contributed by atoms with E-state index in [1.165, 1.54) is 12.1 Å². The lowest BCUT2D eigenvalue weighted by Gasteiger charge is -2.17. The van der Waals surface area contributed by atoms with E-state index < -0.39 is 12.2 Å². The second-order valence-electron chi connectivity index (χ2n) is 3.50. The van der Waals surface area contributed by atoms with Crippen molar-refractivity contribution in [1.82, 2.24) is 0 Å². The zero-order chi connectivity index (χ0) is 12.8. The molecule has 0 heterocycles. The Labute approximate surface area is 97.2 Å². The third-order valence-corrected chi connectivity index (χ3v) is 2.29. The third kappa shape index (κ3) is 3.53. The van der Waals surface area contributed by atoms with Gasteiger partial charge in [0.2, 0.25) is 0 Å². The molecule has 0 aliphatic rings. The normalized spacial score (nSPS) is 13.8. The summed E-state index contributed by atoms with van der Waals surface area (Å²) >= 11 is 0. The molecule has 0 saturated heterocycles. The van der Waals surface area contributed by atoms with Crippen molar-refractivity contribution in [1.29, 1.82) is 0 Å². The van der Waals surface area contributed by atoms with Crippen LogP contribution in [0.2, 0.25) is 0 Å². The van der Waals surface area contributed by atoms with Crippen molar-refractivity contribution in [2.24, 2.45) is 5.11 Å². The van der Waals surface area contributed by atoms with Crippen LogP contribution >= 0.6 is 0 Å². The van der Waals surface area contributed by atoms with Crippen molar-refractivity contribution >= 4 is 0 Å². The molecule has 0 aliphatic heterocycles. The monoisotopic (exact) mass is 239 g/mol. The second-order valence-corrected chi connectivity index (χ2v) is 3.50. The van der Waals surface area contributed by atoms with Gasteiger partial charge in [0.1, 0.15) is 6.10 Å². The Hall–Kier alpha value is -1.95. The van der Waals surface area contributed by atoms with Crippen LogP contribution in [0.25, 0.3) is 10.4 Å². The number of aliphatic hydroxyl groups is 2. The van der Waals surface area contributed by atoms with E-state index in [9.17, 15) is 15.3 Å². The van der Waals surface area contributed by atoms with Crippen LogP contribution in [0.4, 0.5) is 0 Å². The summed E-state index contributed by atoms with van der Waals surface area (Å²) in [5, 5.41) is 40.9. The number of azide groups is 1. The third-order valence-electron chi connectivity index (χ3n) is 2.29. The van der Waals surface area contributed by atoms with Gasteiger partial charge in [0, 0.05) is 11.5 Å². The summed E-state index contributed by atoms with van der Waals surface area (Å²) in [6.07, 6.45) is -2.22. The molecule has 1 aromatic carbocycles. The SMILES string of the molecule is [N-]=[N+]=NCCC(O)C(O)c1ccc(O)c(O)c1. The van der Waals surface area contributed by atoms with E-state index >= 15 is 0 Å². The van der Waals surface area contributed by atoms with E-state index in [4.69, 9.17) is 10.6 Å². The van der Waals surface area contributed by atoms with Gasteiger partial charge >= 0.3 is 0 Å². The highest BCUT2D eigenvalue weighted by atomic mass is 16.3. The first-order valence-corrected chi connectivity index (χ1v) is 4.95. The van der Waals surface area contributed by atoms with Crippen LogP contribution in [0.1, 0.15) is 18.1 Å². The molecule has 0 aliphatic carbocycles. The number of benzene rings is 1. The number of phenols is 2. The average molecular weight is 239 g/mol. The summed E-state index contributed by atoms with van der Waals surface area (Å²) in [5.41, 5.74) is 8.33. The van der Waals surface area contributed by atoms with Crippen molar-refractivity contribution < 1.29 is 20.4 Å². The van der Waals surface area contributed by atoms with E-state index in [0.717, 1.165) is 6.07 Å². The maximum atomic E-state index is 9.73. The average Bonchev–Trinajstić information content (AvgIpc) is 2.32. The van der Waals surface area contributed by atoms with Crippen molar-refractivity contribution in [3.8, 4) is 11.5 Å². The smallest absolute Gasteiger partial charge is 0.157 e. The van der Waals surface area contributed by atoms with Crippen molar-refractivity contribution in [2.45, 2.75) is 18.6 Å². The largest absolute Gasteiger partial charge is 0.504 e. The Morgan fingerprint density at radius 3 is 2.53 bits per heavy atom. The molecule has 4 N–H and O–H groups in total. The molecule has 0 amide bonds. The van der Waals surface area contributed by atoms with Gasteiger partial charge in [0.15, 0.2) is 11.5 Å². The number of phenolic OH excluding ortho intramolecular Hbond substituents is 2. The van der Waals surface area contributed by atoms with Gasteiger partial charge in [-0.3, -0.25) is 0 Å². The Kier molecular flexibility index (Phi) is 4.59. The van der Waals surface area contributed by atoms with Crippen LogP contribution in [-0.2, 0) is 0 Å². The quantitative estimate of drug-likeness (QED) is 0.266. The fourth-order valence-electron chi connectivity index (χ4n) is 1.34. The molecular weight excluding hydrogens is 226 g/mol. The van der Waals surface area contributed by atoms with Gasteiger partial charge in [-0.05, 0) is 29.6 Å². The Morgan fingerprint density at radius 2 is 1.94 bits per heavy atom. The summed E-state index contributed by atoms with van der Waals surface area (Å²) in [6, 6.07) is 3.77. The van der Waals surface area contributed by atoms with Gasteiger partial charge in [-0.15, -0.1) is 0 Å². The van der Waals surface area contributed by atoms with Gasteiger partial charge in [-0.25, -0.2) is 0 Å². The number of hydrogen-bond acceptors (Lipinski definition) is 5. The number of aromatic hydroxyl groups is 2. The molecule has 1 rings (SSSR count). The van der Waals surface area contributed by atoms with E-state index in [-0.39, 0.29) is 30.0 Å². The molecule has 0 saturated carbocycles. The van der Waals surface area contributed by atoms with E-state index in [1.54, 1.807) is 0 Å². The summed E-state index contributed by atoms with van der Waals surface area (Å²) in [7, 11) is 0. The molecule has 2 unspecified atom stereocenters. The van der Waals surface area contributed by atoms with Crippen molar-refractivity contribution in [3.05, 3.63) is 34.2 Å². The standard InChI is InChI=1S/C10H13N3O4/c11-13-12-4-3-8(15)10(17)6-1-2-7(14)9(16)5-6/h1-2,5,8,10,14-17H,3-4H2. The van der Waals surface area contributed by atoms with E-state index in [0.29, 0.717) is 0 Å². The maximum Gasteiger partial charge on any atom is 0.157 e. The molecule has 7 heteroatoms. The Bertz CT molecular complexity index is 432. The summed E-state index contributed by atoms with van der Waals surface area (Å²) < 4.78 is 0. The molecule has 7 nitrogen and oxygen atoms in total. The maximum absolute atomic E-state index is 9.73. The Balaban J connectivity index is 2.70. The number of rotatable bonds is 5. The predicted octanol–water partition coefficient (Wildman–Crippen LogP) is 1.19. The Morgan fingerprint density at radius 1 is 1.24 bits per heavy atom. The van der Waals surface area contributed by atoms with Gasteiger partial charge < -0.3 is 20.4 Å². The first-order valence-electron chi connectivity index (χ1n) is 4.95. The molecule has 1 aromatic rings. The van der Waals surface area contributed by atoms with Gasteiger partial charge in [0.05, 0.1) is 6.10 Å². The molecule has 0 radical (unpaired) electrons. The van der Waals surface area contributed by atoms with Crippen LogP contribution in [0.15, 0.2) is 23.3 Å². The molecule has 0 bridgehead atoms. The highest BCUT2D eigenvalue weighted by molar-refractivity contribution is 5.41. The summed E-state index contributed by atoms with van der Waals surface area (Å²) in [5.74, 6) is -0.673. The zero-order valence-corrected chi connectivity index (χ0v) is 8.93. The van der Waals surface area contributed by atoms with Crippen molar-refractivity contribution in [3.63, 3.8) is 0 Å². The molecular formula is C10H13N3O4. The number of nitrogens with zero attached hydrogens (tertiary/aromatic N) is 3. The zero-order valence-electron chi connectivity index (χ0n) is 8.93. The fraction of sp³-hybridized carbons (Fsp3) is 0.400. The van der Waals surface area contributed by atoms with Crippen LogP contribution in [0.3, 0.4) is 0 Å². The minimum absolute atomic E-state index is 0.0682. The molecule has 0 aromatic heterocycles. The van der Waals surface area contributed by atoms with E-state index in [1.807, 2.05) is 0 Å². The summed E-state index contributed by atoms with van der Waals surface area (Å²) in [4.78, 5) is 2.52. The minimum Gasteiger partial charge on any atom is -0.504 e. The highest BCUT2D eigenvalue weighted by Crippen LogP contribution is 2.29. The summed E-state index contributed by atoms with van der Waals surface area (Å²) in [6.45, 7) is 0.0682. The van der Waals surface area contributed by atoms with Gasteiger partial charge in [0.25, 0.3) is 0 Å². The van der Waals surface area contributed by atoms with Gasteiger partial charge in [-0.2, -0.15) is 0 Å². The molecule has 92 valence electrons. The van der Waals surface area contributed by atoms with Crippen LogP contribution in [0.5, 0.6) is 11.5 Å². The van der Waals surface area contributed by atoms with Crippen LogP contribution in [0, 0.1) is 0 Å². The lowest BCUT2D eigenvalue weighted by molar-refractivity contribution is 0.0149. The lowest BCUT2D eigenvalue weighted by atomic mass is 10.0. The molecule has 0 spiro atoms. The molecule has 17 heavy (non-hydrogen) atoms. The van der Waals surface area contributed by atoms with Crippen LogP contribution in [-0.4, -0.2) is 33.1 Å². The topological polar surface area (TPSA) is 130 Å². The predicted molar refractivity (Wildman–Crippen MR) is 59.4 cm³/mol. The second kappa shape index (κ2) is 5.95. The first-order chi connectivity index (χ1) is 8.06. The highest BCUT2D eigenvalue weighted by Gasteiger charge is 2.18. The molecule has 0 fully saturated rings.